The van der Waals surface area contributed by atoms with Crippen LogP contribution in [-0.4, -0.2) is 17.8 Å². The van der Waals surface area contributed by atoms with Gasteiger partial charge in [-0.3, -0.25) is 4.79 Å². The summed E-state index contributed by atoms with van der Waals surface area (Å²) < 4.78 is 10.4. The lowest BCUT2D eigenvalue weighted by atomic mass is 10.1. The highest BCUT2D eigenvalue weighted by molar-refractivity contribution is 6.13. The summed E-state index contributed by atoms with van der Waals surface area (Å²) in [5.41, 5.74) is 2.47. The Bertz CT molecular complexity index is 880. The predicted octanol–water partition coefficient (Wildman–Crippen LogP) is 3.26. The van der Waals surface area contributed by atoms with E-state index in [0.29, 0.717) is 11.3 Å². The number of aryl methyl sites for hydroxylation is 1. The number of carbonyl (C=O) groups is 2. The number of hydrogen-bond donors (Lipinski definition) is 0. The fourth-order valence-corrected chi connectivity index (χ4v) is 2.33. The summed E-state index contributed by atoms with van der Waals surface area (Å²) in [6.45, 7) is 3.24. The number of ether oxygens (including phenoxy) is 2. The van der Waals surface area contributed by atoms with Crippen LogP contribution in [0.2, 0.25) is 0 Å². The van der Waals surface area contributed by atoms with Crippen LogP contribution in [0.15, 0.2) is 59.2 Å². The molecule has 120 valence electrons. The maximum absolute atomic E-state index is 12.1. The Morgan fingerprint density at radius 1 is 1.12 bits per heavy atom. The first kappa shape index (κ1) is 15.7. The molecule has 0 spiro atoms. The van der Waals surface area contributed by atoms with Gasteiger partial charge in [0.2, 0.25) is 5.90 Å². The first-order chi connectivity index (χ1) is 11.5. The van der Waals surface area contributed by atoms with E-state index >= 15 is 0 Å². The van der Waals surface area contributed by atoms with Gasteiger partial charge in [-0.25, -0.2) is 9.79 Å². The van der Waals surface area contributed by atoms with Crippen molar-refractivity contribution in [2.24, 2.45) is 4.99 Å². The summed E-state index contributed by atoms with van der Waals surface area (Å²) >= 11 is 0. The van der Waals surface area contributed by atoms with Crippen molar-refractivity contribution < 1.29 is 19.1 Å². The molecule has 3 rings (SSSR count). The van der Waals surface area contributed by atoms with Crippen molar-refractivity contribution in [2.45, 2.75) is 13.8 Å². The summed E-state index contributed by atoms with van der Waals surface area (Å²) in [6, 6.07) is 14.4. The van der Waals surface area contributed by atoms with Gasteiger partial charge in [-0.2, -0.15) is 0 Å². The van der Waals surface area contributed by atoms with Crippen LogP contribution in [0.25, 0.3) is 6.08 Å². The third-order valence-electron chi connectivity index (χ3n) is 3.46. The number of benzene rings is 2. The van der Waals surface area contributed by atoms with Crippen molar-refractivity contribution in [3.63, 3.8) is 0 Å². The number of para-hydroxylation sites is 1. The standard InChI is InChI=1S/C19H15NO4/c1-12-7-3-5-9-15(12)18-20-16(19(22)24-18)11-14-8-4-6-10-17(14)23-13(2)21/h3-11H,1-2H3/b16-11+. The number of aliphatic imine (C=N–C) groups is 1. The number of carbonyl (C=O) groups excluding carboxylic acids is 2. The second kappa shape index (κ2) is 6.50. The van der Waals surface area contributed by atoms with E-state index in [4.69, 9.17) is 9.47 Å². The van der Waals surface area contributed by atoms with Gasteiger partial charge in [-0.1, -0.05) is 36.4 Å². The van der Waals surface area contributed by atoms with E-state index in [1.54, 1.807) is 30.3 Å². The van der Waals surface area contributed by atoms with Gasteiger partial charge in [0.25, 0.3) is 0 Å². The van der Waals surface area contributed by atoms with Gasteiger partial charge < -0.3 is 9.47 Å². The van der Waals surface area contributed by atoms with Gasteiger partial charge in [0, 0.05) is 18.1 Å². The molecular formula is C19H15NO4. The van der Waals surface area contributed by atoms with Crippen LogP contribution >= 0.6 is 0 Å². The molecule has 5 nitrogen and oxygen atoms in total. The molecular weight excluding hydrogens is 306 g/mol. The lowest BCUT2D eigenvalue weighted by molar-refractivity contribution is -0.132. The zero-order valence-corrected chi connectivity index (χ0v) is 13.3. The molecule has 0 aromatic heterocycles. The van der Waals surface area contributed by atoms with Gasteiger partial charge in [0.05, 0.1) is 0 Å². The van der Waals surface area contributed by atoms with Crippen molar-refractivity contribution in [3.8, 4) is 5.75 Å². The van der Waals surface area contributed by atoms with Crippen LogP contribution < -0.4 is 4.74 Å². The number of esters is 2. The van der Waals surface area contributed by atoms with Crippen molar-refractivity contribution in [3.05, 3.63) is 70.9 Å². The highest BCUT2D eigenvalue weighted by Crippen LogP contribution is 2.25. The Morgan fingerprint density at radius 2 is 1.83 bits per heavy atom. The zero-order valence-electron chi connectivity index (χ0n) is 13.3. The van der Waals surface area contributed by atoms with Gasteiger partial charge in [-0.15, -0.1) is 0 Å². The summed E-state index contributed by atoms with van der Waals surface area (Å²) in [5, 5.41) is 0. The quantitative estimate of drug-likeness (QED) is 0.494. The maximum atomic E-state index is 12.1. The van der Waals surface area contributed by atoms with Crippen LogP contribution in [-0.2, 0) is 14.3 Å². The molecule has 0 radical (unpaired) electrons. The number of cyclic esters (lactones) is 1. The molecule has 2 aromatic rings. The SMILES string of the molecule is CC(=O)Oc1ccccc1/C=C1/N=C(c2ccccc2C)OC1=O. The first-order valence-electron chi connectivity index (χ1n) is 7.40. The molecule has 5 heteroatoms. The van der Waals surface area contributed by atoms with Gasteiger partial charge >= 0.3 is 11.9 Å². The molecule has 1 aliphatic heterocycles. The molecule has 0 saturated carbocycles. The molecule has 0 amide bonds. The largest absolute Gasteiger partial charge is 0.426 e. The molecule has 0 bridgehead atoms. The molecule has 1 aliphatic rings. The Morgan fingerprint density at radius 3 is 2.58 bits per heavy atom. The molecule has 2 aromatic carbocycles. The minimum Gasteiger partial charge on any atom is -0.426 e. The molecule has 0 aliphatic carbocycles. The third kappa shape index (κ3) is 3.25. The van der Waals surface area contributed by atoms with Crippen molar-refractivity contribution >= 4 is 23.9 Å². The number of rotatable bonds is 3. The van der Waals surface area contributed by atoms with Crippen molar-refractivity contribution in [1.29, 1.82) is 0 Å². The lowest BCUT2D eigenvalue weighted by Gasteiger charge is -2.04. The smallest absolute Gasteiger partial charge is 0.363 e. The van der Waals surface area contributed by atoms with Crippen LogP contribution in [0.1, 0.15) is 23.6 Å². The van der Waals surface area contributed by atoms with E-state index < -0.39 is 11.9 Å². The summed E-state index contributed by atoms with van der Waals surface area (Å²) in [5.74, 6) is -0.330. The molecule has 0 atom stereocenters. The topological polar surface area (TPSA) is 65.0 Å². The van der Waals surface area contributed by atoms with E-state index in [1.165, 1.54) is 6.92 Å². The Balaban J connectivity index is 1.98. The average Bonchev–Trinajstić information content (AvgIpc) is 2.90. The molecule has 1 heterocycles. The second-order valence-electron chi connectivity index (χ2n) is 5.28. The molecule has 0 saturated heterocycles. The van der Waals surface area contributed by atoms with E-state index in [1.807, 2.05) is 31.2 Å². The molecule has 0 fully saturated rings. The minimum absolute atomic E-state index is 0.160. The first-order valence-corrected chi connectivity index (χ1v) is 7.40. The van der Waals surface area contributed by atoms with E-state index in [-0.39, 0.29) is 11.6 Å². The fourth-order valence-electron chi connectivity index (χ4n) is 2.33. The Hall–Kier alpha value is -3.21. The summed E-state index contributed by atoms with van der Waals surface area (Å²) in [4.78, 5) is 27.6. The minimum atomic E-state index is -0.536. The number of hydrogen-bond acceptors (Lipinski definition) is 5. The highest BCUT2D eigenvalue weighted by Gasteiger charge is 2.25. The van der Waals surface area contributed by atoms with Crippen LogP contribution in [0.5, 0.6) is 5.75 Å². The molecule has 0 N–H and O–H groups in total. The normalized spacial score (nSPS) is 15.2. The van der Waals surface area contributed by atoms with E-state index in [9.17, 15) is 9.59 Å². The van der Waals surface area contributed by atoms with E-state index in [0.717, 1.165) is 11.1 Å². The van der Waals surface area contributed by atoms with Crippen molar-refractivity contribution in [2.75, 3.05) is 0 Å². The average molecular weight is 321 g/mol. The van der Waals surface area contributed by atoms with Crippen LogP contribution in [0.3, 0.4) is 0 Å². The lowest BCUT2D eigenvalue weighted by Crippen LogP contribution is -2.06. The van der Waals surface area contributed by atoms with Crippen molar-refractivity contribution in [1.82, 2.24) is 0 Å². The Kier molecular flexibility index (Phi) is 4.24. The summed E-state index contributed by atoms with van der Waals surface area (Å²) in [6.07, 6.45) is 1.55. The van der Waals surface area contributed by atoms with Crippen LogP contribution in [0, 0.1) is 6.92 Å². The Labute approximate surface area is 139 Å². The highest BCUT2D eigenvalue weighted by atomic mass is 16.6. The molecule has 0 unspecified atom stereocenters. The summed E-state index contributed by atoms with van der Waals surface area (Å²) in [7, 11) is 0. The third-order valence-corrected chi connectivity index (χ3v) is 3.46. The monoisotopic (exact) mass is 321 g/mol. The van der Waals surface area contributed by atoms with Gasteiger partial charge in [0.15, 0.2) is 5.70 Å². The van der Waals surface area contributed by atoms with Gasteiger partial charge in [0.1, 0.15) is 5.75 Å². The number of nitrogens with zero attached hydrogens (tertiary/aromatic N) is 1. The fraction of sp³-hybridized carbons (Fsp3) is 0.105. The zero-order chi connectivity index (χ0) is 17.1. The molecule has 24 heavy (non-hydrogen) atoms. The van der Waals surface area contributed by atoms with Gasteiger partial charge in [-0.05, 0) is 30.7 Å². The maximum Gasteiger partial charge on any atom is 0.363 e. The van der Waals surface area contributed by atoms with E-state index in [2.05, 4.69) is 4.99 Å². The van der Waals surface area contributed by atoms with Crippen LogP contribution in [0.4, 0.5) is 0 Å². The second-order valence-corrected chi connectivity index (χ2v) is 5.28. The predicted molar refractivity (Wildman–Crippen MR) is 89.5 cm³/mol.